The second-order valence-corrected chi connectivity index (χ2v) is 4.92. The van der Waals surface area contributed by atoms with E-state index in [1.165, 1.54) is 18.2 Å². The molecule has 5 nitrogen and oxygen atoms in total. The first kappa shape index (κ1) is 15.0. The van der Waals surface area contributed by atoms with Gasteiger partial charge in [0.15, 0.2) is 6.61 Å². The van der Waals surface area contributed by atoms with E-state index in [1.54, 1.807) is 11.9 Å². The number of rotatable bonds is 6. The molecule has 6 heteroatoms. The highest BCUT2D eigenvalue weighted by atomic mass is 19.1. The van der Waals surface area contributed by atoms with Gasteiger partial charge in [0.05, 0.1) is 0 Å². The Balaban J connectivity index is 1.99. The first-order valence-corrected chi connectivity index (χ1v) is 6.56. The molecule has 0 bridgehead atoms. The Morgan fingerprint density at radius 1 is 1.43 bits per heavy atom. The number of carboxylic acid groups (broad SMARTS) is 1. The number of carbonyl (C=O) groups is 2. The summed E-state index contributed by atoms with van der Waals surface area (Å²) < 4.78 is 18.7. The zero-order valence-corrected chi connectivity index (χ0v) is 11.6. The number of hydrogen-bond donors (Lipinski definition) is 1. The van der Waals surface area contributed by atoms with Crippen molar-refractivity contribution in [3.63, 3.8) is 0 Å². The van der Waals surface area contributed by atoms with E-state index in [0.29, 0.717) is 11.6 Å². The predicted molar refractivity (Wildman–Crippen MR) is 74.4 cm³/mol. The summed E-state index contributed by atoms with van der Waals surface area (Å²) in [6, 6.07) is 4.11. The van der Waals surface area contributed by atoms with Crippen LogP contribution in [0.1, 0.15) is 18.4 Å². The van der Waals surface area contributed by atoms with Crippen LogP contribution in [0.15, 0.2) is 24.3 Å². The Hall–Kier alpha value is -2.37. The predicted octanol–water partition coefficient (Wildman–Crippen LogP) is 1.92. The molecule has 1 saturated carbocycles. The van der Waals surface area contributed by atoms with Gasteiger partial charge >= 0.3 is 5.97 Å². The molecule has 1 aromatic rings. The van der Waals surface area contributed by atoms with Gasteiger partial charge in [-0.05, 0) is 36.6 Å². The molecular formula is C15H16FNO4. The van der Waals surface area contributed by atoms with E-state index in [0.717, 1.165) is 25.0 Å². The number of likely N-dealkylation sites (N-methyl/N-ethyl adjacent to an activating group) is 1. The highest BCUT2D eigenvalue weighted by molar-refractivity contribution is 5.85. The zero-order chi connectivity index (χ0) is 15.4. The van der Waals surface area contributed by atoms with Gasteiger partial charge in [-0.25, -0.2) is 9.18 Å². The summed E-state index contributed by atoms with van der Waals surface area (Å²) in [7, 11) is 1.72. The van der Waals surface area contributed by atoms with Crippen LogP contribution in [0, 0.1) is 5.82 Å². The lowest BCUT2D eigenvalue weighted by Crippen LogP contribution is -2.33. The Kier molecular flexibility index (Phi) is 4.57. The largest absolute Gasteiger partial charge is 0.484 e. The van der Waals surface area contributed by atoms with Crippen LogP contribution >= 0.6 is 0 Å². The number of nitrogens with zero attached hydrogens (tertiary/aromatic N) is 1. The van der Waals surface area contributed by atoms with Crippen LogP contribution in [0.2, 0.25) is 0 Å². The normalized spacial score (nSPS) is 14.2. The van der Waals surface area contributed by atoms with Crippen molar-refractivity contribution in [1.82, 2.24) is 4.90 Å². The van der Waals surface area contributed by atoms with E-state index in [4.69, 9.17) is 9.84 Å². The molecule has 1 fully saturated rings. The number of ether oxygens (including phenoxy) is 1. The molecule has 1 aromatic carbocycles. The molecule has 1 aliphatic carbocycles. The SMILES string of the molecule is CN(C(=O)COc1cc(F)cc(/C=C/C(=O)O)c1)C1CC1. The highest BCUT2D eigenvalue weighted by Gasteiger charge is 2.29. The summed E-state index contributed by atoms with van der Waals surface area (Å²) in [6.45, 7) is -0.168. The first-order valence-electron chi connectivity index (χ1n) is 6.56. The van der Waals surface area contributed by atoms with Gasteiger partial charge in [0.2, 0.25) is 0 Å². The molecular weight excluding hydrogens is 277 g/mol. The van der Waals surface area contributed by atoms with E-state index in [2.05, 4.69) is 0 Å². The zero-order valence-electron chi connectivity index (χ0n) is 11.6. The minimum Gasteiger partial charge on any atom is -0.484 e. The molecule has 1 N–H and O–H groups in total. The van der Waals surface area contributed by atoms with E-state index < -0.39 is 11.8 Å². The summed E-state index contributed by atoms with van der Waals surface area (Å²) >= 11 is 0. The van der Waals surface area contributed by atoms with Crippen molar-refractivity contribution in [2.45, 2.75) is 18.9 Å². The number of halogens is 1. The summed E-state index contributed by atoms with van der Waals surface area (Å²) in [5.74, 6) is -1.65. The van der Waals surface area contributed by atoms with Crippen molar-refractivity contribution in [2.75, 3.05) is 13.7 Å². The summed E-state index contributed by atoms with van der Waals surface area (Å²) in [6.07, 6.45) is 4.18. The minimum atomic E-state index is -1.12. The second-order valence-electron chi connectivity index (χ2n) is 4.92. The Morgan fingerprint density at radius 2 is 2.14 bits per heavy atom. The van der Waals surface area contributed by atoms with Gasteiger partial charge in [-0.3, -0.25) is 4.79 Å². The maximum Gasteiger partial charge on any atom is 0.328 e. The van der Waals surface area contributed by atoms with Crippen LogP contribution in [0.25, 0.3) is 6.08 Å². The van der Waals surface area contributed by atoms with Gasteiger partial charge in [0, 0.05) is 25.2 Å². The molecule has 0 aromatic heterocycles. The summed E-state index contributed by atoms with van der Waals surface area (Å²) in [5.41, 5.74) is 0.357. The molecule has 112 valence electrons. The quantitative estimate of drug-likeness (QED) is 0.814. The number of amides is 1. The number of carboxylic acids is 1. The molecule has 1 amide bonds. The number of carbonyl (C=O) groups excluding carboxylic acids is 1. The Labute approximate surface area is 121 Å². The summed E-state index contributed by atoms with van der Waals surface area (Å²) in [5, 5.41) is 8.55. The lowest BCUT2D eigenvalue weighted by molar-refractivity contribution is -0.133. The van der Waals surface area contributed by atoms with E-state index in [-0.39, 0.29) is 18.3 Å². The van der Waals surface area contributed by atoms with E-state index >= 15 is 0 Å². The number of benzene rings is 1. The van der Waals surface area contributed by atoms with Crippen molar-refractivity contribution in [1.29, 1.82) is 0 Å². The molecule has 0 heterocycles. The third kappa shape index (κ3) is 4.59. The van der Waals surface area contributed by atoms with Crippen LogP contribution in [0.4, 0.5) is 4.39 Å². The lowest BCUT2D eigenvalue weighted by Gasteiger charge is -2.16. The van der Waals surface area contributed by atoms with Gasteiger partial charge in [-0.2, -0.15) is 0 Å². The average Bonchev–Trinajstić information content (AvgIpc) is 3.25. The first-order chi connectivity index (χ1) is 9.95. The molecule has 0 unspecified atom stereocenters. The lowest BCUT2D eigenvalue weighted by atomic mass is 10.2. The monoisotopic (exact) mass is 293 g/mol. The number of aliphatic carboxylic acids is 1. The molecule has 21 heavy (non-hydrogen) atoms. The Bertz CT molecular complexity index is 581. The smallest absolute Gasteiger partial charge is 0.328 e. The van der Waals surface area contributed by atoms with Crippen molar-refractivity contribution >= 4 is 18.0 Å². The van der Waals surface area contributed by atoms with Crippen LogP contribution in [-0.4, -0.2) is 41.6 Å². The topological polar surface area (TPSA) is 66.8 Å². The van der Waals surface area contributed by atoms with Gasteiger partial charge in [-0.1, -0.05) is 0 Å². The molecule has 0 saturated heterocycles. The number of hydrogen-bond acceptors (Lipinski definition) is 3. The van der Waals surface area contributed by atoms with Crippen LogP contribution in [-0.2, 0) is 9.59 Å². The van der Waals surface area contributed by atoms with Gasteiger partial charge in [0.25, 0.3) is 5.91 Å². The molecule has 0 radical (unpaired) electrons. The molecule has 0 aliphatic heterocycles. The van der Waals surface area contributed by atoms with Gasteiger partial charge in [0.1, 0.15) is 11.6 Å². The maximum atomic E-state index is 13.4. The average molecular weight is 293 g/mol. The van der Waals surface area contributed by atoms with E-state index in [9.17, 15) is 14.0 Å². The fraction of sp³-hybridized carbons (Fsp3) is 0.333. The third-order valence-electron chi connectivity index (χ3n) is 3.16. The van der Waals surface area contributed by atoms with Crippen molar-refractivity contribution in [3.8, 4) is 5.75 Å². The highest BCUT2D eigenvalue weighted by Crippen LogP contribution is 2.25. The van der Waals surface area contributed by atoms with Crippen molar-refractivity contribution in [3.05, 3.63) is 35.7 Å². The molecule has 0 spiro atoms. The molecule has 0 atom stereocenters. The third-order valence-corrected chi connectivity index (χ3v) is 3.16. The standard InChI is InChI=1S/C15H16FNO4/c1-17(12-3-4-12)14(18)9-21-13-7-10(2-5-15(19)20)6-11(16)8-13/h2,5-8,12H,3-4,9H2,1H3,(H,19,20)/b5-2+. The van der Waals surface area contributed by atoms with Crippen LogP contribution in [0.3, 0.4) is 0 Å². The molecule has 1 aliphatic rings. The minimum absolute atomic E-state index is 0.163. The fourth-order valence-corrected chi connectivity index (χ4v) is 1.84. The maximum absolute atomic E-state index is 13.4. The van der Waals surface area contributed by atoms with Gasteiger partial charge < -0.3 is 14.7 Å². The van der Waals surface area contributed by atoms with Crippen molar-refractivity contribution in [2.24, 2.45) is 0 Å². The van der Waals surface area contributed by atoms with Crippen LogP contribution < -0.4 is 4.74 Å². The molecule has 2 rings (SSSR count). The van der Waals surface area contributed by atoms with E-state index in [1.807, 2.05) is 0 Å². The summed E-state index contributed by atoms with van der Waals surface area (Å²) in [4.78, 5) is 23.9. The Morgan fingerprint density at radius 3 is 2.76 bits per heavy atom. The van der Waals surface area contributed by atoms with Crippen molar-refractivity contribution < 1.29 is 23.8 Å². The van der Waals surface area contributed by atoms with Gasteiger partial charge in [-0.15, -0.1) is 0 Å². The van der Waals surface area contributed by atoms with Crippen LogP contribution in [0.5, 0.6) is 5.75 Å². The second kappa shape index (κ2) is 6.39. The fourth-order valence-electron chi connectivity index (χ4n) is 1.84.